The molecule has 2 heterocycles. The minimum atomic E-state index is 0.354. The fourth-order valence-electron chi connectivity index (χ4n) is 2.37. The molecular formula is C15H23N3S2. The molecule has 110 valence electrons. The summed E-state index contributed by atoms with van der Waals surface area (Å²) in [5.74, 6) is 0. The number of thioether (sulfide) groups is 1. The maximum absolute atomic E-state index is 4.19. The Balaban J connectivity index is 1.97. The van der Waals surface area contributed by atoms with Crippen LogP contribution in [0.5, 0.6) is 0 Å². The van der Waals surface area contributed by atoms with Crippen LogP contribution in [0.1, 0.15) is 32.3 Å². The molecule has 2 N–H and O–H groups in total. The van der Waals surface area contributed by atoms with Crippen LogP contribution in [0.4, 0.5) is 0 Å². The number of aromatic nitrogens is 2. The van der Waals surface area contributed by atoms with Gasteiger partial charge in [0.25, 0.3) is 0 Å². The molecule has 0 radical (unpaired) electrons. The predicted octanol–water partition coefficient (Wildman–Crippen LogP) is 4.15. The highest BCUT2D eigenvalue weighted by atomic mass is 32.2. The van der Waals surface area contributed by atoms with Gasteiger partial charge in [-0.05, 0) is 30.5 Å². The summed E-state index contributed by atoms with van der Waals surface area (Å²) in [5, 5.41) is 13.0. The highest BCUT2D eigenvalue weighted by Gasteiger charge is 2.24. The Morgan fingerprint density at radius 3 is 2.80 bits per heavy atom. The second-order valence-corrected chi connectivity index (χ2v) is 7.17. The highest BCUT2D eigenvalue weighted by molar-refractivity contribution is 8.00. The molecule has 0 amide bonds. The van der Waals surface area contributed by atoms with Crippen LogP contribution < -0.4 is 5.32 Å². The van der Waals surface area contributed by atoms with Gasteiger partial charge in [0.2, 0.25) is 0 Å². The molecule has 2 aromatic heterocycles. The molecule has 0 bridgehead atoms. The zero-order valence-corrected chi connectivity index (χ0v) is 14.0. The summed E-state index contributed by atoms with van der Waals surface area (Å²) in [7, 11) is 0. The fourth-order valence-corrected chi connectivity index (χ4v) is 3.94. The van der Waals surface area contributed by atoms with Gasteiger partial charge in [-0.25, -0.2) is 0 Å². The van der Waals surface area contributed by atoms with Gasteiger partial charge in [0.15, 0.2) is 0 Å². The molecule has 0 aliphatic rings. The number of hydrogen-bond donors (Lipinski definition) is 2. The van der Waals surface area contributed by atoms with Gasteiger partial charge < -0.3 is 5.32 Å². The number of hydrogen-bond acceptors (Lipinski definition) is 4. The van der Waals surface area contributed by atoms with Gasteiger partial charge in [-0.1, -0.05) is 19.9 Å². The van der Waals surface area contributed by atoms with Gasteiger partial charge in [-0.15, -0.1) is 11.3 Å². The third-order valence-electron chi connectivity index (χ3n) is 3.97. The van der Waals surface area contributed by atoms with Crippen molar-refractivity contribution in [1.82, 2.24) is 15.5 Å². The Kier molecular flexibility index (Phi) is 5.69. The maximum atomic E-state index is 4.19. The van der Waals surface area contributed by atoms with E-state index in [9.17, 15) is 0 Å². The van der Waals surface area contributed by atoms with Crippen molar-refractivity contribution in [3.63, 3.8) is 0 Å². The van der Waals surface area contributed by atoms with Crippen LogP contribution in [0.3, 0.4) is 0 Å². The van der Waals surface area contributed by atoms with E-state index in [0.717, 1.165) is 18.8 Å². The lowest BCUT2D eigenvalue weighted by Gasteiger charge is -2.30. The second-order valence-electron chi connectivity index (χ2n) is 4.95. The Bertz CT molecular complexity index is 493. The van der Waals surface area contributed by atoms with Crippen molar-refractivity contribution in [2.24, 2.45) is 0 Å². The summed E-state index contributed by atoms with van der Waals surface area (Å²) >= 11 is 3.72. The van der Waals surface area contributed by atoms with Crippen LogP contribution in [0.25, 0.3) is 10.6 Å². The summed E-state index contributed by atoms with van der Waals surface area (Å²) in [4.78, 5) is 1.25. The summed E-state index contributed by atoms with van der Waals surface area (Å²) < 4.78 is 0.354. The molecule has 0 saturated carbocycles. The van der Waals surface area contributed by atoms with Crippen LogP contribution in [0.15, 0.2) is 23.7 Å². The first-order chi connectivity index (χ1) is 9.74. The monoisotopic (exact) mass is 309 g/mol. The smallest absolute Gasteiger partial charge is 0.0794 e. The average Bonchev–Trinajstić information content (AvgIpc) is 3.14. The van der Waals surface area contributed by atoms with Gasteiger partial charge in [0, 0.05) is 23.4 Å². The summed E-state index contributed by atoms with van der Waals surface area (Å²) in [5.41, 5.74) is 2.39. The van der Waals surface area contributed by atoms with E-state index in [4.69, 9.17) is 0 Å². The molecule has 0 saturated heterocycles. The molecule has 2 aromatic rings. The first-order valence-electron chi connectivity index (χ1n) is 7.06. The largest absolute Gasteiger partial charge is 0.311 e. The molecule has 3 nitrogen and oxygen atoms in total. The number of nitrogens with zero attached hydrogens (tertiary/aromatic N) is 1. The van der Waals surface area contributed by atoms with Gasteiger partial charge in [0.05, 0.1) is 16.8 Å². The lowest BCUT2D eigenvalue weighted by molar-refractivity contribution is 0.495. The zero-order chi connectivity index (χ0) is 14.4. The number of nitrogens with one attached hydrogen (secondary N) is 2. The van der Waals surface area contributed by atoms with Crippen molar-refractivity contribution in [2.75, 3.05) is 12.8 Å². The molecule has 0 aliphatic heterocycles. The van der Waals surface area contributed by atoms with E-state index in [0.29, 0.717) is 4.75 Å². The lowest BCUT2D eigenvalue weighted by atomic mass is 10.0. The van der Waals surface area contributed by atoms with E-state index in [2.05, 4.69) is 53.1 Å². The molecule has 20 heavy (non-hydrogen) atoms. The van der Waals surface area contributed by atoms with E-state index < -0.39 is 0 Å². The van der Waals surface area contributed by atoms with E-state index >= 15 is 0 Å². The summed E-state index contributed by atoms with van der Waals surface area (Å²) in [6.45, 7) is 6.45. The maximum Gasteiger partial charge on any atom is 0.0794 e. The molecule has 0 spiro atoms. The molecule has 5 heteroatoms. The minimum Gasteiger partial charge on any atom is -0.311 e. The van der Waals surface area contributed by atoms with Gasteiger partial charge >= 0.3 is 0 Å². The van der Waals surface area contributed by atoms with E-state index in [1.807, 2.05) is 18.0 Å². The molecular weight excluding hydrogens is 286 g/mol. The van der Waals surface area contributed by atoms with E-state index in [1.165, 1.54) is 23.3 Å². The molecule has 0 atom stereocenters. The van der Waals surface area contributed by atoms with Crippen LogP contribution in [0, 0.1) is 0 Å². The average molecular weight is 310 g/mol. The molecule has 0 aromatic carbocycles. The van der Waals surface area contributed by atoms with Crippen molar-refractivity contribution in [3.8, 4) is 10.6 Å². The Morgan fingerprint density at radius 2 is 2.20 bits per heavy atom. The standard InChI is InChI=1S/C15H23N3S2/c1-4-15(5-2,19-3)11-16-9-12-10-17-18-14(12)13-7-6-8-20-13/h6-8,10,16H,4-5,9,11H2,1-3H3,(H,17,18). The molecule has 0 unspecified atom stereocenters. The molecule has 2 rings (SSSR count). The molecule has 0 aliphatic carbocycles. The van der Waals surface area contributed by atoms with Crippen molar-refractivity contribution in [3.05, 3.63) is 29.3 Å². The fraction of sp³-hybridized carbons (Fsp3) is 0.533. The highest BCUT2D eigenvalue weighted by Crippen LogP contribution is 2.30. The Morgan fingerprint density at radius 1 is 1.40 bits per heavy atom. The van der Waals surface area contributed by atoms with E-state index in [1.54, 1.807) is 11.3 Å². The normalized spacial score (nSPS) is 11.9. The van der Waals surface area contributed by atoms with Crippen molar-refractivity contribution < 1.29 is 0 Å². The first-order valence-corrected chi connectivity index (χ1v) is 9.17. The number of H-pyrrole nitrogens is 1. The Labute approximate surface area is 129 Å². The summed E-state index contributed by atoms with van der Waals surface area (Å²) in [6.07, 6.45) is 6.53. The first kappa shape index (κ1) is 15.6. The zero-order valence-electron chi connectivity index (χ0n) is 12.4. The SMILES string of the molecule is CCC(CC)(CNCc1cn[nH]c1-c1cccs1)SC. The topological polar surface area (TPSA) is 40.7 Å². The van der Waals surface area contributed by atoms with Gasteiger partial charge in [-0.3, -0.25) is 5.10 Å². The number of aromatic amines is 1. The van der Waals surface area contributed by atoms with Crippen LogP contribution >= 0.6 is 23.1 Å². The van der Waals surface area contributed by atoms with Gasteiger partial charge in [0.1, 0.15) is 0 Å². The van der Waals surface area contributed by atoms with Crippen molar-refractivity contribution in [1.29, 1.82) is 0 Å². The number of thiophene rings is 1. The van der Waals surface area contributed by atoms with Crippen molar-refractivity contribution >= 4 is 23.1 Å². The van der Waals surface area contributed by atoms with Crippen molar-refractivity contribution in [2.45, 2.75) is 38.0 Å². The van der Waals surface area contributed by atoms with E-state index in [-0.39, 0.29) is 0 Å². The third kappa shape index (κ3) is 3.45. The van der Waals surface area contributed by atoms with Gasteiger partial charge in [-0.2, -0.15) is 16.9 Å². The van der Waals surface area contributed by atoms with Crippen LogP contribution in [0.2, 0.25) is 0 Å². The third-order valence-corrected chi connectivity index (χ3v) is 6.44. The minimum absolute atomic E-state index is 0.354. The van der Waals surface area contributed by atoms with Crippen LogP contribution in [-0.4, -0.2) is 27.7 Å². The van der Waals surface area contributed by atoms with Crippen LogP contribution in [-0.2, 0) is 6.54 Å². The second kappa shape index (κ2) is 7.29. The predicted molar refractivity (Wildman–Crippen MR) is 90.4 cm³/mol. The number of rotatable bonds is 8. The molecule has 0 fully saturated rings. The lowest BCUT2D eigenvalue weighted by Crippen LogP contribution is -2.36. The quantitative estimate of drug-likeness (QED) is 0.769. The Hall–Kier alpha value is -0.780. The summed E-state index contributed by atoms with van der Waals surface area (Å²) in [6, 6.07) is 4.21.